The van der Waals surface area contributed by atoms with Crippen LogP contribution in [0.1, 0.15) is 42.5 Å². The largest absolute Gasteiger partial charge is 0.302 e. The number of fused-ring (bicyclic) bond motifs is 1. The summed E-state index contributed by atoms with van der Waals surface area (Å²) in [6.07, 6.45) is 0. The Morgan fingerprint density at radius 2 is 1.90 bits per heavy atom. The smallest absolute Gasteiger partial charge is 0.280 e. The molecule has 0 N–H and O–H groups in total. The topological polar surface area (TPSA) is 54.3 Å². The van der Waals surface area contributed by atoms with Crippen molar-refractivity contribution in [1.29, 1.82) is 0 Å². The van der Waals surface area contributed by atoms with E-state index >= 15 is 0 Å². The van der Waals surface area contributed by atoms with E-state index in [2.05, 4.69) is 23.8 Å². The Hall–Kier alpha value is -1.96. The van der Waals surface area contributed by atoms with Crippen molar-refractivity contribution >= 4 is 44.2 Å². The second kappa shape index (κ2) is 9.24. The molecule has 0 fully saturated rings. The predicted octanol–water partition coefficient (Wildman–Crippen LogP) is 4.77. The number of rotatable bonds is 8. The van der Waals surface area contributed by atoms with Gasteiger partial charge in [-0.25, -0.2) is 4.98 Å². The fourth-order valence-corrected chi connectivity index (χ4v) is 4.54. The Morgan fingerprint density at radius 3 is 2.52 bits per heavy atom. The molecule has 2 heterocycles. The molecule has 0 saturated carbocycles. The molecule has 0 aliphatic heterocycles. The number of thiazole rings is 1. The molecule has 156 valence electrons. The standard InChI is InChI=1S/C21H28ClN5OS/c1-6-25(7-2)11-12-26(20(28)17-13-14(4)27(8-3)24-17)21-23-19-15(5)16(22)9-10-18(19)29-21/h9-10,13H,6-8,11-12H2,1-5H3. The predicted molar refractivity (Wildman–Crippen MR) is 121 cm³/mol. The molecule has 0 aliphatic rings. The lowest BCUT2D eigenvalue weighted by molar-refractivity contribution is 0.0978. The summed E-state index contributed by atoms with van der Waals surface area (Å²) in [6.45, 7) is 14.2. The van der Waals surface area contributed by atoms with Crippen LogP contribution >= 0.6 is 22.9 Å². The third-order valence-electron chi connectivity index (χ3n) is 5.25. The van der Waals surface area contributed by atoms with Crippen molar-refractivity contribution in [1.82, 2.24) is 19.7 Å². The van der Waals surface area contributed by atoms with E-state index in [9.17, 15) is 4.79 Å². The van der Waals surface area contributed by atoms with Gasteiger partial charge < -0.3 is 4.90 Å². The fourth-order valence-electron chi connectivity index (χ4n) is 3.34. The number of halogens is 1. The van der Waals surface area contributed by atoms with Gasteiger partial charge in [-0.1, -0.05) is 36.8 Å². The summed E-state index contributed by atoms with van der Waals surface area (Å²) < 4.78 is 2.87. The zero-order valence-electron chi connectivity index (χ0n) is 17.7. The van der Waals surface area contributed by atoms with Gasteiger partial charge in [0.25, 0.3) is 5.91 Å². The number of hydrogen-bond acceptors (Lipinski definition) is 5. The average Bonchev–Trinajstić information content (AvgIpc) is 3.31. The number of likely N-dealkylation sites (N-methyl/N-ethyl adjacent to an activating group) is 1. The first-order valence-corrected chi connectivity index (χ1v) is 11.2. The van der Waals surface area contributed by atoms with Gasteiger partial charge in [0.05, 0.1) is 10.2 Å². The van der Waals surface area contributed by atoms with Crippen molar-refractivity contribution in [3.63, 3.8) is 0 Å². The van der Waals surface area contributed by atoms with Crippen molar-refractivity contribution in [3.05, 3.63) is 40.2 Å². The van der Waals surface area contributed by atoms with Gasteiger partial charge in [-0.3, -0.25) is 14.4 Å². The molecule has 29 heavy (non-hydrogen) atoms. The maximum Gasteiger partial charge on any atom is 0.280 e. The molecule has 0 spiro atoms. The van der Waals surface area contributed by atoms with Crippen LogP contribution in [0.2, 0.25) is 5.02 Å². The van der Waals surface area contributed by atoms with Crippen LogP contribution in [0.15, 0.2) is 18.2 Å². The highest BCUT2D eigenvalue weighted by Crippen LogP contribution is 2.34. The third-order valence-corrected chi connectivity index (χ3v) is 6.70. The SMILES string of the molecule is CCN(CC)CCN(C(=O)c1cc(C)n(CC)n1)c1nc2c(C)c(Cl)ccc2s1. The number of carbonyl (C=O) groups is 1. The van der Waals surface area contributed by atoms with Gasteiger partial charge in [-0.05, 0) is 57.6 Å². The normalized spacial score (nSPS) is 11.6. The quantitative estimate of drug-likeness (QED) is 0.513. The van der Waals surface area contributed by atoms with Crippen LogP contribution in [0.3, 0.4) is 0 Å². The third kappa shape index (κ3) is 4.47. The Bertz CT molecular complexity index is 1010. The molecule has 1 aromatic carbocycles. The van der Waals surface area contributed by atoms with E-state index in [0.717, 1.165) is 47.7 Å². The Kier molecular flexibility index (Phi) is 6.93. The van der Waals surface area contributed by atoms with Crippen LogP contribution in [0.5, 0.6) is 0 Å². The molecule has 8 heteroatoms. The molecule has 0 aliphatic carbocycles. The van der Waals surface area contributed by atoms with Crippen LogP contribution in [-0.4, -0.2) is 51.8 Å². The minimum atomic E-state index is -0.115. The summed E-state index contributed by atoms with van der Waals surface area (Å²) >= 11 is 7.79. The van der Waals surface area contributed by atoms with Gasteiger partial charge in [0.15, 0.2) is 10.8 Å². The summed E-state index contributed by atoms with van der Waals surface area (Å²) in [7, 11) is 0. The molecule has 0 bridgehead atoms. The van der Waals surface area contributed by atoms with Crippen molar-refractivity contribution in [2.75, 3.05) is 31.1 Å². The Morgan fingerprint density at radius 1 is 1.17 bits per heavy atom. The molecule has 3 aromatic rings. The van der Waals surface area contributed by atoms with Gasteiger partial charge in [0.1, 0.15) is 0 Å². The lowest BCUT2D eigenvalue weighted by Gasteiger charge is -2.24. The van der Waals surface area contributed by atoms with Gasteiger partial charge in [-0.15, -0.1) is 0 Å². The second-order valence-corrected chi connectivity index (χ2v) is 8.40. The van der Waals surface area contributed by atoms with E-state index in [4.69, 9.17) is 16.6 Å². The molecule has 6 nitrogen and oxygen atoms in total. The Balaban J connectivity index is 2.00. The maximum atomic E-state index is 13.4. The molecule has 0 unspecified atom stereocenters. The summed E-state index contributed by atoms with van der Waals surface area (Å²) in [5, 5.41) is 5.87. The second-order valence-electron chi connectivity index (χ2n) is 6.99. The number of aromatic nitrogens is 3. The van der Waals surface area contributed by atoms with E-state index in [1.807, 2.05) is 43.7 Å². The Labute approximate surface area is 181 Å². The molecule has 1 amide bonds. The van der Waals surface area contributed by atoms with E-state index in [1.54, 1.807) is 4.90 Å². The molecule has 3 rings (SSSR count). The maximum absolute atomic E-state index is 13.4. The van der Waals surface area contributed by atoms with E-state index < -0.39 is 0 Å². The summed E-state index contributed by atoms with van der Waals surface area (Å²) in [4.78, 5) is 22.3. The highest BCUT2D eigenvalue weighted by atomic mass is 35.5. The minimum Gasteiger partial charge on any atom is -0.302 e. The zero-order valence-corrected chi connectivity index (χ0v) is 19.3. The van der Waals surface area contributed by atoms with Crippen LogP contribution < -0.4 is 4.90 Å². The number of aryl methyl sites for hydroxylation is 3. The first-order chi connectivity index (χ1) is 13.9. The molecular formula is C21H28ClN5OS. The zero-order chi connectivity index (χ0) is 21.1. The van der Waals surface area contributed by atoms with Crippen LogP contribution in [-0.2, 0) is 6.54 Å². The fraction of sp³-hybridized carbons (Fsp3) is 0.476. The van der Waals surface area contributed by atoms with Gasteiger partial charge in [0.2, 0.25) is 0 Å². The van der Waals surface area contributed by atoms with E-state index in [1.165, 1.54) is 11.3 Å². The molecule has 2 aromatic heterocycles. The van der Waals surface area contributed by atoms with Crippen LogP contribution in [0.4, 0.5) is 5.13 Å². The van der Waals surface area contributed by atoms with Crippen LogP contribution in [0, 0.1) is 13.8 Å². The molecule has 0 radical (unpaired) electrons. The lowest BCUT2D eigenvalue weighted by atomic mass is 10.2. The molecule has 0 atom stereocenters. The first kappa shape index (κ1) is 21.7. The lowest BCUT2D eigenvalue weighted by Crippen LogP contribution is -2.39. The summed E-state index contributed by atoms with van der Waals surface area (Å²) in [6, 6.07) is 5.70. The van der Waals surface area contributed by atoms with Gasteiger partial charge in [-0.2, -0.15) is 5.10 Å². The average molecular weight is 434 g/mol. The van der Waals surface area contributed by atoms with Gasteiger partial charge >= 0.3 is 0 Å². The van der Waals surface area contributed by atoms with Crippen molar-refractivity contribution in [2.45, 2.75) is 41.2 Å². The number of nitrogens with zero attached hydrogens (tertiary/aromatic N) is 5. The van der Waals surface area contributed by atoms with Crippen molar-refractivity contribution < 1.29 is 4.79 Å². The van der Waals surface area contributed by atoms with Crippen molar-refractivity contribution in [2.24, 2.45) is 0 Å². The van der Waals surface area contributed by atoms with Crippen molar-refractivity contribution in [3.8, 4) is 0 Å². The van der Waals surface area contributed by atoms with E-state index in [0.29, 0.717) is 22.4 Å². The number of benzene rings is 1. The number of carbonyl (C=O) groups excluding carboxylic acids is 1. The monoisotopic (exact) mass is 433 g/mol. The van der Waals surface area contributed by atoms with Gasteiger partial charge in [0, 0.05) is 30.4 Å². The molecule has 0 saturated heterocycles. The summed E-state index contributed by atoms with van der Waals surface area (Å²) in [5.41, 5.74) is 3.23. The van der Waals surface area contributed by atoms with E-state index in [-0.39, 0.29) is 5.91 Å². The van der Waals surface area contributed by atoms with Crippen LogP contribution in [0.25, 0.3) is 10.2 Å². The summed E-state index contributed by atoms with van der Waals surface area (Å²) in [5.74, 6) is -0.115. The first-order valence-electron chi connectivity index (χ1n) is 10.0. The minimum absolute atomic E-state index is 0.115. The highest BCUT2D eigenvalue weighted by molar-refractivity contribution is 7.22. The number of hydrogen-bond donors (Lipinski definition) is 0. The number of anilines is 1. The number of amides is 1. The molecular weight excluding hydrogens is 406 g/mol. The highest BCUT2D eigenvalue weighted by Gasteiger charge is 2.25.